The molecule has 0 saturated carbocycles. The molecule has 0 aromatic heterocycles. The maximum atomic E-state index is 9.42. The van der Waals surface area contributed by atoms with E-state index in [9.17, 15) is 5.11 Å². The highest BCUT2D eigenvalue weighted by molar-refractivity contribution is 5.14. The van der Waals surface area contributed by atoms with Gasteiger partial charge in [-0.15, -0.1) is 0 Å². The molecule has 0 bridgehead atoms. The van der Waals surface area contributed by atoms with Gasteiger partial charge >= 0.3 is 0 Å². The molecule has 0 aliphatic heterocycles. The number of benzene rings is 1. The van der Waals surface area contributed by atoms with Gasteiger partial charge in [-0.05, 0) is 18.4 Å². The lowest BCUT2D eigenvalue weighted by atomic mass is 10.2. The number of ether oxygens (including phenoxy) is 1. The Morgan fingerprint density at radius 2 is 2.00 bits per heavy atom. The van der Waals surface area contributed by atoms with Crippen LogP contribution in [-0.4, -0.2) is 24.4 Å². The molecule has 15 heavy (non-hydrogen) atoms. The zero-order valence-electron chi connectivity index (χ0n) is 9.36. The Hall–Kier alpha value is -0.860. The summed E-state index contributed by atoms with van der Waals surface area (Å²) in [6, 6.07) is 10.2. The van der Waals surface area contributed by atoms with Gasteiger partial charge < -0.3 is 9.84 Å². The molecular weight excluding hydrogens is 188 g/mol. The standard InChI is InChI=1S/C13H20O2/c1-2-6-13(14)11-15-10-9-12-7-4-3-5-8-12/h3-5,7-8,13-14H,2,6,9-11H2,1H3. The largest absolute Gasteiger partial charge is 0.391 e. The summed E-state index contributed by atoms with van der Waals surface area (Å²) in [6.45, 7) is 3.21. The van der Waals surface area contributed by atoms with Crippen LogP contribution in [0.3, 0.4) is 0 Å². The van der Waals surface area contributed by atoms with E-state index in [0.717, 1.165) is 19.3 Å². The van der Waals surface area contributed by atoms with Gasteiger partial charge in [-0.1, -0.05) is 43.7 Å². The van der Waals surface area contributed by atoms with E-state index >= 15 is 0 Å². The summed E-state index contributed by atoms with van der Waals surface area (Å²) >= 11 is 0. The Balaban J connectivity index is 2.07. The number of rotatable bonds is 7. The van der Waals surface area contributed by atoms with E-state index in [0.29, 0.717) is 13.2 Å². The van der Waals surface area contributed by atoms with Crippen LogP contribution in [0.4, 0.5) is 0 Å². The van der Waals surface area contributed by atoms with Gasteiger partial charge in [0.25, 0.3) is 0 Å². The number of hydrogen-bond acceptors (Lipinski definition) is 2. The van der Waals surface area contributed by atoms with Gasteiger partial charge in [-0.3, -0.25) is 0 Å². The molecule has 0 saturated heterocycles. The van der Waals surface area contributed by atoms with Gasteiger partial charge in [0, 0.05) is 0 Å². The fourth-order valence-electron chi connectivity index (χ4n) is 1.47. The van der Waals surface area contributed by atoms with E-state index in [1.54, 1.807) is 0 Å². The molecular formula is C13H20O2. The summed E-state index contributed by atoms with van der Waals surface area (Å²) in [4.78, 5) is 0. The lowest BCUT2D eigenvalue weighted by Gasteiger charge is -2.09. The average Bonchev–Trinajstić information content (AvgIpc) is 2.26. The summed E-state index contributed by atoms with van der Waals surface area (Å²) in [7, 11) is 0. The van der Waals surface area contributed by atoms with Crippen molar-refractivity contribution in [3.63, 3.8) is 0 Å². The van der Waals surface area contributed by atoms with Crippen molar-refractivity contribution in [2.75, 3.05) is 13.2 Å². The third-order valence-electron chi connectivity index (χ3n) is 2.31. The lowest BCUT2D eigenvalue weighted by molar-refractivity contribution is 0.0335. The van der Waals surface area contributed by atoms with Gasteiger partial charge in [0.05, 0.1) is 19.3 Å². The van der Waals surface area contributed by atoms with Crippen LogP contribution >= 0.6 is 0 Å². The van der Waals surface area contributed by atoms with E-state index in [1.807, 2.05) is 18.2 Å². The van der Waals surface area contributed by atoms with E-state index in [4.69, 9.17) is 4.74 Å². The first-order chi connectivity index (χ1) is 7.33. The first-order valence-corrected chi connectivity index (χ1v) is 5.62. The van der Waals surface area contributed by atoms with Gasteiger partial charge in [-0.25, -0.2) is 0 Å². The minimum atomic E-state index is -0.300. The molecule has 0 spiro atoms. The molecule has 0 aliphatic rings. The van der Waals surface area contributed by atoms with Gasteiger partial charge in [0.2, 0.25) is 0 Å². The minimum absolute atomic E-state index is 0.300. The van der Waals surface area contributed by atoms with Crippen LogP contribution in [0.15, 0.2) is 30.3 Å². The maximum Gasteiger partial charge on any atom is 0.0773 e. The molecule has 2 nitrogen and oxygen atoms in total. The van der Waals surface area contributed by atoms with Gasteiger partial charge in [-0.2, -0.15) is 0 Å². The molecule has 84 valence electrons. The highest BCUT2D eigenvalue weighted by Gasteiger charge is 2.01. The smallest absolute Gasteiger partial charge is 0.0773 e. The number of hydrogen-bond donors (Lipinski definition) is 1. The third-order valence-corrected chi connectivity index (χ3v) is 2.31. The second-order valence-corrected chi connectivity index (χ2v) is 3.75. The van der Waals surface area contributed by atoms with Crippen LogP contribution in [-0.2, 0) is 11.2 Å². The van der Waals surface area contributed by atoms with Crippen molar-refractivity contribution >= 4 is 0 Å². The average molecular weight is 208 g/mol. The van der Waals surface area contributed by atoms with E-state index in [-0.39, 0.29) is 6.10 Å². The van der Waals surface area contributed by atoms with Crippen LogP contribution in [0.2, 0.25) is 0 Å². The minimum Gasteiger partial charge on any atom is -0.391 e. The summed E-state index contributed by atoms with van der Waals surface area (Å²) in [6.07, 6.45) is 2.44. The first-order valence-electron chi connectivity index (χ1n) is 5.62. The molecule has 1 aromatic carbocycles. The second-order valence-electron chi connectivity index (χ2n) is 3.75. The van der Waals surface area contributed by atoms with Crippen molar-refractivity contribution in [2.24, 2.45) is 0 Å². The predicted octanol–water partition coefficient (Wildman–Crippen LogP) is 2.41. The molecule has 0 radical (unpaired) electrons. The molecule has 1 N–H and O–H groups in total. The number of aliphatic hydroxyl groups excluding tert-OH is 1. The summed E-state index contributed by atoms with van der Waals surface area (Å²) in [5, 5.41) is 9.42. The summed E-state index contributed by atoms with van der Waals surface area (Å²) in [5.41, 5.74) is 1.28. The molecule has 0 fully saturated rings. The van der Waals surface area contributed by atoms with Crippen LogP contribution in [0.5, 0.6) is 0 Å². The van der Waals surface area contributed by atoms with Crippen molar-refractivity contribution in [2.45, 2.75) is 32.3 Å². The van der Waals surface area contributed by atoms with Gasteiger partial charge in [0.15, 0.2) is 0 Å². The number of aliphatic hydroxyl groups is 1. The van der Waals surface area contributed by atoms with E-state index < -0.39 is 0 Å². The first kappa shape index (κ1) is 12.2. The molecule has 0 heterocycles. The SMILES string of the molecule is CCCC(O)COCCc1ccccc1. The Kier molecular flexibility index (Phi) is 6.05. The quantitative estimate of drug-likeness (QED) is 0.697. The molecule has 1 rings (SSSR count). The molecule has 1 aromatic rings. The fraction of sp³-hybridized carbons (Fsp3) is 0.538. The van der Waals surface area contributed by atoms with E-state index in [2.05, 4.69) is 19.1 Å². The molecule has 0 amide bonds. The highest BCUT2D eigenvalue weighted by atomic mass is 16.5. The van der Waals surface area contributed by atoms with Crippen LogP contribution in [0, 0.1) is 0 Å². The second kappa shape index (κ2) is 7.43. The summed E-state index contributed by atoms with van der Waals surface area (Å²) < 4.78 is 5.40. The Morgan fingerprint density at radius 1 is 1.27 bits per heavy atom. The maximum absolute atomic E-state index is 9.42. The lowest BCUT2D eigenvalue weighted by Crippen LogP contribution is -2.15. The Morgan fingerprint density at radius 3 is 2.67 bits per heavy atom. The highest BCUT2D eigenvalue weighted by Crippen LogP contribution is 2.01. The van der Waals surface area contributed by atoms with Crippen molar-refractivity contribution < 1.29 is 9.84 Å². The van der Waals surface area contributed by atoms with Crippen molar-refractivity contribution in [1.82, 2.24) is 0 Å². The zero-order chi connectivity index (χ0) is 10.9. The Labute approximate surface area is 91.9 Å². The Bertz CT molecular complexity index is 246. The molecule has 1 unspecified atom stereocenters. The van der Waals surface area contributed by atoms with Crippen molar-refractivity contribution in [3.8, 4) is 0 Å². The monoisotopic (exact) mass is 208 g/mol. The molecule has 1 atom stereocenters. The summed E-state index contributed by atoms with van der Waals surface area (Å²) in [5.74, 6) is 0. The van der Waals surface area contributed by atoms with Gasteiger partial charge in [0.1, 0.15) is 0 Å². The van der Waals surface area contributed by atoms with Crippen LogP contribution in [0.1, 0.15) is 25.3 Å². The predicted molar refractivity (Wildman–Crippen MR) is 61.9 cm³/mol. The van der Waals surface area contributed by atoms with E-state index in [1.165, 1.54) is 5.56 Å². The van der Waals surface area contributed by atoms with Crippen molar-refractivity contribution in [1.29, 1.82) is 0 Å². The van der Waals surface area contributed by atoms with Crippen LogP contribution < -0.4 is 0 Å². The molecule has 2 heteroatoms. The van der Waals surface area contributed by atoms with Crippen molar-refractivity contribution in [3.05, 3.63) is 35.9 Å². The topological polar surface area (TPSA) is 29.5 Å². The molecule has 0 aliphatic carbocycles. The zero-order valence-corrected chi connectivity index (χ0v) is 9.36. The third kappa shape index (κ3) is 5.55. The van der Waals surface area contributed by atoms with Crippen LogP contribution in [0.25, 0.3) is 0 Å². The fourth-order valence-corrected chi connectivity index (χ4v) is 1.47. The normalized spacial score (nSPS) is 12.7.